The molecule has 0 spiro atoms. The minimum atomic E-state index is -0.295. The lowest BCUT2D eigenvalue weighted by molar-refractivity contribution is -0.137. The van der Waals surface area contributed by atoms with Crippen molar-refractivity contribution in [2.24, 2.45) is 0 Å². The van der Waals surface area contributed by atoms with E-state index >= 15 is 0 Å². The lowest BCUT2D eigenvalue weighted by Gasteiger charge is -2.25. The van der Waals surface area contributed by atoms with E-state index in [4.69, 9.17) is 4.74 Å². The zero-order valence-electron chi connectivity index (χ0n) is 14.4. The van der Waals surface area contributed by atoms with Crippen LogP contribution in [0.25, 0.3) is 6.08 Å². The predicted molar refractivity (Wildman–Crippen MR) is 89.5 cm³/mol. The number of benzene rings is 1. The fourth-order valence-electron chi connectivity index (χ4n) is 1.97. The summed E-state index contributed by atoms with van der Waals surface area (Å²) in [5, 5.41) is 0. The molecular weight excluding hydrogens is 260 g/mol. The van der Waals surface area contributed by atoms with Gasteiger partial charge < -0.3 is 4.74 Å². The van der Waals surface area contributed by atoms with Gasteiger partial charge in [0.05, 0.1) is 6.61 Å². The van der Waals surface area contributed by atoms with Gasteiger partial charge >= 0.3 is 5.97 Å². The Hall–Kier alpha value is -1.57. The second-order valence-electron chi connectivity index (χ2n) is 7.43. The molecule has 0 saturated heterocycles. The highest BCUT2D eigenvalue weighted by Gasteiger charge is 2.20. The van der Waals surface area contributed by atoms with Crippen LogP contribution in [0.2, 0.25) is 0 Å². The largest absolute Gasteiger partial charge is 0.463 e. The number of carbonyl (C=O) groups excluding carboxylic acids is 1. The van der Waals surface area contributed by atoms with Crippen LogP contribution >= 0.6 is 0 Å². The quantitative estimate of drug-likeness (QED) is 0.586. The van der Waals surface area contributed by atoms with E-state index in [2.05, 4.69) is 59.7 Å². The van der Waals surface area contributed by atoms with Gasteiger partial charge in [-0.15, -0.1) is 0 Å². The molecular formula is C19H28O2. The number of carbonyl (C=O) groups is 1. The molecule has 0 atom stereocenters. The summed E-state index contributed by atoms with van der Waals surface area (Å²) < 4.78 is 4.93. The Morgan fingerprint density at radius 3 is 1.86 bits per heavy atom. The summed E-state index contributed by atoms with van der Waals surface area (Å²) in [7, 11) is 0. The molecule has 0 aliphatic carbocycles. The van der Waals surface area contributed by atoms with Gasteiger partial charge in [-0.3, -0.25) is 0 Å². The third-order valence-corrected chi connectivity index (χ3v) is 3.39. The molecule has 0 bridgehead atoms. The summed E-state index contributed by atoms with van der Waals surface area (Å²) >= 11 is 0. The van der Waals surface area contributed by atoms with Gasteiger partial charge in [-0.25, -0.2) is 4.79 Å². The lowest BCUT2D eigenvalue weighted by Crippen LogP contribution is -2.16. The molecule has 1 rings (SSSR count). The van der Waals surface area contributed by atoms with E-state index in [1.54, 1.807) is 0 Å². The van der Waals surface area contributed by atoms with E-state index in [1.807, 2.05) is 13.0 Å². The normalized spacial score (nSPS) is 12.7. The number of hydrogen-bond donors (Lipinski definition) is 0. The van der Waals surface area contributed by atoms with Gasteiger partial charge in [-0.1, -0.05) is 59.7 Å². The predicted octanol–water partition coefficient (Wildman–Crippen LogP) is 4.86. The fourth-order valence-corrected chi connectivity index (χ4v) is 1.97. The summed E-state index contributed by atoms with van der Waals surface area (Å²) in [4.78, 5) is 11.5. The van der Waals surface area contributed by atoms with E-state index < -0.39 is 0 Å². The van der Waals surface area contributed by atoms with Crippen LogP contribution in [0, 0.1) is 0 Å². The zero-order chi connectivity index (χ0) is 16.3. The van der Waals surface area contributed by atoms with Crippen molar-refractivity contribution in [2.75, 3.05) is 6.61 Å². The molecule has 0 amide bonds. The molecule has 0 fully saturated rings. The molecule has 2 heteroatoms. The smallest absolute Gasteiger partial charge is 0.330 e. The number of ether oxygens (including phenoxy) is 1. The van der Waals surface area contributed by atoms with Gasteiger partial charge in [0, 0.05) is 6.08 Å². The minimum absolute atomic E-state index is 0.0772. The number of esters is 1. The Bertz CT molecular complexity index is 493. The van der Waals surface area contributed by atoms with Crippen molar-refractivity contribution >= 4 is 12.0 Å². The summed E-state index contributed by atoms with van der Waals surface area (Å²) in [5.41, 5.74) is 3.75. The van der Waals surface area contributed by atoms with Crippen molar-refractivity contribution in [1.29, 1.82) is 0 Å². The van der Waals surface area contributed by atoms with Crippen molar-refractivity contribution < 1.29 is 9.53 Å². The first-order valence-electron chi connectivity index (χ1n) is 7.55. The molecule has 0 unspecified atom stereocenters. The molecule has 0 aliphatic heterocycles. The van der Waals surface area contributed by atoms with Crippen molar-refractivity contribution in [3.8, 4) is 0 Å². The minimum Gasteiger partial charge on any atom is -0.463 e. The van der Waals surface area contributed by atoms with Crippen LogP contribution in [-0.2, 0) is 20.4 Å². The Kier molecular flexibility index (Phi) is 5.38. The van der Waals surface area contributed by atoms with Crippen LogP contribution in [-0.4, -0.2) is 12.6 Å². The van der Waals surface area contributed by atoms with Crippen LogP contribution in [0.1, 0.15) is 65.2 Å². The highest BCUT2D eigenvalue weighted by molar-refractivity contribution is 5.87. The molecule has 116 valence electrons. The Labute approximate surface area is 129 Å². The molecule has 21 heavy (non-hydrogen) atoms. The SMILES string of the molecule is CCOC(=O)C=Cc1cc(C(C)(C)C)cc(C(C)(C)C)c1. The third kappa shape index (κ3) is 5.37. The molecule has 0 aliphatic rings. The monoisotopic (exact) mass is 288 g/mol. The van der Waals surface area contributed by atoms with Crippen molar-refractivity contribution in [1.82, 2.24) is 0 Å². The molecule has 1 aromatic carbocycles. The first-order chi connectivity index (χ1) is 9.54. The maximum Gasteiger partial charge on any atom is 0.330 e. The van der Waals surface area contributed by atoms with Crippen LogP contribution in [0.15, 0.2) is 24.3 Å². The van der Waals surface area contributed by atoms with E-state index in [0.29, 0.717) is 6.61 Å². The van der Waals surface area contributed by atoms with Crippen LogP contribution < -0.4 is 0 Å². The van der Waals surface area contributed by atoms with E-state index in [0.717, 1.165) is 5.56 Å². The molecule has 0 saturated carbocycles. The van der Waals surface area contributed by atoms with Gasteiger partial charge in [0.2, 0.25) is 0 Å². The van der Waals surface area contributed by atoms with E-state index in [-0.39, 0.29) is 16.8 Å². The summed E-state index contributed by atoms with van der Waals surface area (Å²) in [6, 6.07) is 6.55. The summed E-state index contributed by atoms with van der Waals surface area (Å²) in [5.74, 6) is -0.295. The van der Waals surface area contributed by atoms with Gasteiger partial charge in [-0.05, 0) is 40.5 Å². The van der Waals surface area contributed by atoms with Gasteiger partial charge in [0.25, 0.3) is 0 Å². The number of rotatable bonds is 3. The van der Waals surface area contributed by atoms with Crippen molar-refractivity contribution in [2.45, 2.75) is 59.3 Å². The lowest BCUT2D eigenvalue weighted by atomic mass is 9.79. The zero-order valence-corrected chi connectivity index (χ0v) is 14.4. The Morgan fingerprint density at radius 2 is 1.48 bits per heavy atom. The van der Waals surface area contributed by atoms with Crippen LogP contribution in [0.5, 0.6) is 0 Å². The van der Waals surface area contributed by atoms with Crippen molar-refractivity contribution in [3.05, 3.63) is 41.0 Å². The van der Waals surface area contributed by atoms with Crippen molar-refractivity contribution in [3.63, 3.8) is 0 Å². The molecule has 2 nitrogen and oxygen atoms in total. The van der Waals surface area contributed by atoms with E-state index in [9.17, 15) is 4.79 Å². The third-order valence-electron chi connectivity index (χ3n) is 3.39. The Balaban J connectivity index is 3.23. The van der Waals surface area contributed by atoms with Crippen LogP contribution in [0.4, 0.5) is 0 Å². The van der Waals surface area contributed by atoms with Crippen LogP contribution in [0.3, 0.4) is 0 Å². The van der Waals surface area contributed by atoms with Gasteiger partial charge in [-0.2, -0.15) is 0 Å². The fraction of sp³-hybridized carbons (Fsp3) is 0.526. The highest BCUT2D eigenvalue weighted by Crippen LogP contribution is 2.30. The highest BCUT2D eigenvalue weighted by atomic mass is 16.5. The van der Waals surface area contributed by atoms with E-state index in [1.165, 1.54) is 17.2 Å². The molecule has 0 N–H and O–H groups in total. The molecule has 0 aromatic heterocycles. The summed E-state index contributed by atoms with van der Waals surface area (Å²) in [6.45, 7) is 15.4. The molecule has 0 heterocycles. The first-order valence-corrected chi connectivity index (χ1v) is 7.55. The average Bonchev–Trinajstić information content (AvgIpc) is 2.34. The second-order valence-corrected chi connectivity index (χ2v) is 7.43. The average molecular weight is 288 g/mol. The maximum absolute atomic E-state index is 11.5. The first kappa shape index (κ1) is 17.5. The molecule has 0 radical (unpaired) electrons. The van der Waals surface area contributed by atoms with Gasteiger partial charge in [0.15, 0.2) is 0 Å². The summed E-state index contributed by atoms with van der Waals surface area (Å²) in [6.07, 6.45) is 3.33. The topological polar surface area (TPSA) is 26.3 Å². The maximum atomic E-state index is 11.5. The second kappa shape index (κ2) is 6.46. The van der Waals surface area contributed by atoms with Gasteiger partial charge in [0.1, 0.15) is 0 Å². The molecule has 1 aromatic rings. The number of hydrogen-bond acceptors (Lipinski definition) is 2. The standard InChI is InChI=1S/C19H28O2/c1-8-21-17(20)10-9-14-11-15(18(2,3)4)13-16(12-14)19(5,6)7/h9-13H,8H2,1-7H3. The Morgan fingerprint density at radius 1 is 1.00 bits per heavy atom.